The summed E-state index contributed by atoms with van der Waals surface area (Å²) in [7, 11) is 8.76. The molecular formula is C26H33N3O4S. The third kappa shape index (κ3) is 5.69. The van der Waals surface area contributed by atoms with Gasteiger partial charge in [0, 0.05) is 12.6 Å². The number of aromatic nitrogens is 1. The van der Waals surface area contributed by atoms with E-state index in [-0.39, 0.29) is 5.91 Å². The lowest BCUT2D eigenvalue weighted by atomic mass is 10.1. The average molecular weight is 484 g/mol. The molecule has 0 N–H and O–H groups in total. The summed E-state index contributed by atoms with van der Waals surface area (Å²) < 4.78 is 17.4. The van der Waals surface area contributed by atoms with E-state index in [1.165, 1.54) is 0 Å². The Balaban J connectivity index is 1.94. The molecule has 0 spiro atoms. The molecule has 0 bridgehead atoms. The van der Waals surface area contributed by atoms with Gasteiger partial charge in [-0.1, -0.05) is 23.5 Å². The van der Waals surface area contributed by atoms with Crippen molar-refractivity contribution in [3.8, 4) is 17.2 Å². The highest BCUT2D eigenvalue weighted by Crippen LogP contribution is 2.38. The zero-order valence-electron chi connectivity index (χ0n) is 21.0. The zero-order chi connectivity index (χ0) is 24.8. The molecule has 1 aromatic heterocycles. The molecule has 0 aliphatic rings. The number of thiazole rings is 1. The van der Waals surface area contributed by atoms with Crippen LogP contribution in [0.4, 0.5) is 5.13 Å². The van der Waals surface area contributed by atoms with Gasteiger partial charge in [0.25, 0.3) is 5.91 Å². The first-order valence-electron chi connectivity index (χ1n) is 11.1. The SMILES string of the molecule is COc1cc(C=CC(=O)N(CCCN(C)C)c2nc3c(C)ccc(C)c3s2)cc(OC)c1OC. The quantitative estimate of drug-likeness (QED) is 0.381. The normalized spacial score (nSPS) is 11.4. The Labute approximate surface area is 205 Å². The number of anilines is 1. The molecule has 3 rings (SSSR count). The van der Waals surface area contributed by atoms with Crippen molar-refractivity contribution < 1.29 is 19.0 Å². The first kappa shape index (κ1) is 25.5. The highest BCUT2D eigenvalue weighted by Gasteiger charge is 2.19. The van der Waals surface area contributed by atoms with Crippen LogP contribution < -0.4 is 19.1 Å². The lowest BCUT2D eigenvalue weighted by Gasteiger charge is -2.19. The number of aryl methyl sites for hydroxylation is 2. The topological polar surface area (TPSA) is 64.1 Å². The zero-order valence-corrected chi connectivity index (χ0v) is 21.8. The summed E-state index contributed by atoms with van der Waals surface area (Å²) >= 11 is 1.56. The number of benzene rings is 2. The van der Waals surface area contributed by atoms with Crippen molar-refractivity contribution in [3.63, 3.8) is 0 Å². The summed E-state index contributed by atoms with van der Waals surface area (Å²) in [5.74, 6) is 1.46. The van der Waals surface area contributed by atoms with Gasteiger partial charge in [-0.05, 0) is 75.8 Å². The van der Waals surface area contributed by atoms with E-state index < -0.39 is 0 Å². The van der Waals surface area contributed by atoms with Crippen molar-refractivity contribution in [3.05, 3.63) is 47.0 Å². The number of methoxy groups -OCH3 is 3. The smallest absolute Gasteiger partial charge is 0.252 e. The molecule has 7 nitrogen and oxygen atoms in total. The third-order valence-electron chi connectivity index (χ3n) is 5.52. The van der Waals surface area contributed by atoms with Crippen molar-refractivity contribution in [1.82, 2.24) is 9.88 Å². The van der Waals surface area contributed by atoms with Gasteiger partial charge in [0.1, 0.15) is 0 Å². The molecule has 0 saturated carbocycles. The summed E-state index contributed by atoms with van der Waals surface area (Å²) in [4.78, 5) is 22.1. The van der Waals surface area contributed by atoms with Gasteiger partial charge < -0.3 is 19.1 Å². The van der Waals surface area contributed by atoms with E-state index in [0.29, 0.717) is 28.9 Å². The van der Waals surface area contributed by atoms with E-state index in [9.17, 15) is 4.79 Å². The molecule has 0 aliphatic heterocycles. The minimum absolute atomic E-state index is 0.123. The molecule has 0 saturated heterocycles. The van der Waals surface area contributed by atoms with Crippen LogP contribution in [0.5, 0.6) is 17.2 Å². The van der Waals surface area contributed by atoms with E-state index in [4.69, 9.17) is 19.2 Å². The summed E-state index contributed by atoms with van der Waals surface area (Å²) in [6.07, 6.45) is 4.17. The third-order valence-corrected chi connectivity index (χ3v) is 6.73. The number of fused-ring (bicyclic) bond motifs is 1. The van der Waals surface area contributed by atoms with Gasteiger partial charge in [0.05, 0.1) is 31.5 Å². The van der Waals surface area contributed by atoms with E-state index in [0.717, 1.165) is 39.9 Å². The van der Waals surface area contributed by atoms with Crippen LogP contribution in [0, 0.1) is 13.8 Å². The minimum atomic E-state index is -0.123. The molecule has 8 heteroatoms. The van der Waals surface area contributed by atoms with Crippen LogP contribution >= 0.6 is 11.3 Å². The Morgan fingerprint density at radius 1 is 1.00 bits per heavy atom. The molecule has 1 amide bonds. The maximum absolute atomic E-state index is 13.4. The maximum Gasteiger partial charge on any atom is 0.252 e. The maximum atomic E-state index is 13.4. The first-order valence-corrected chi connectivity index (χ1v) is 11.9. The Bertz CT molecular complexity index is 1120. The fraction of sp³-hybridized carbons (Fsp3) is 0.385. The second-order valence-corrected chi connectivity index (χ2v) is 9.29. The molecule has 0 atom stereocenters. The summed E-state index contributed by atoms with van der Waals surface area (Å²) in [6.45, 7) is 5.58. The largest absolute Gasteiger partial charge is 0.493 e. The van der Waals surface area contributed by atoms with Crippen LogP contribution in [0.25, 0.3) is 16.3 Å². The summed E-state index contributed by atoms with van der Waals surface area (Å²) in [5.41, 5.74) is 4.00. The summed E-state index contributed by atoms with van der Waals surface area (Å²) in [5, 5.41) is 0.714. The van der Waals surface area contributed by atoms with Gasteiger partial charge in [-0.3, -0.25) is 9.69 Å². The predicted molar refractivity (Wildman–Crippen MR) is 140 cm³/mol. The van der Waals surface area contributed by atoms with Crippen LogP contribution in [0.3, 0.4) is 0 Å². The van der Waals surface area contributed by atoms with Gasteiger partial charge in [0.15, 0.2) is 16.6 Å². The van der Waals surface area contributed by atoms with Crippen LogP contribution in [-0.4, -0.2) is 64.3 Å². The van der Waals surface area contributed by atoms with Gasteiger partial charge >= 0.3 is 0 Å². The second-order valence-electron chi connectivity index (χ2n) is 8.31. The molecule has 0 fully saturated rings. The van der Waals surface area contributed by atoms with Crippen LogP contribution in [0.15, 0.2) is 30.3 Å². The number of rotatable bonds is 10. The van der Waals surface area contributed by atoms with Crippen molar-refractivity contribution in [2.75, 3.05) is 53.4 Å². The first-order chi connectivity index (χ1) is 16.3. The van der Waals surface area contributed by atoms with E-state index in [2.05, 4.69) is 24.0 Å². The summed E-state index contributed by atoms with van der Waals surface area (Å²) in [6, 6.07) is 7.80. The number of amides is 1. The standard InChI is InChI=1S/C26H33N3O4S/c1-17-9-10-18(2)25-23(17)27-26(34-25)29(14-8-13-28(3)4)22(30)12-11-19-15-20(31-5)24(33-7)21(16-19)32-6/h9-12,15-16H,8,13-14H2,1-7H3. The molecule has 0 radical (unpaired) electrons. The highest BCUT2D eigenvalue weighted by molar-refractivity contribution is 7.22. The Morgan fingerprint density at radius 3 is 2.21 bits per heavy atom. The molecule has 1 heterocycles. The van der Waals surface area contributed by atoms with E-state index in [1.54, 1.807) is 49.7 Å². The van der Waals surface area contributed by atoms with Crippen LogP contribution in [-0.2, 0) is 4.79 Å². The van der Waals surface area contributed by atoms with Crippen LogP contribution in [0.1, 0.15) is 23.1 Å². The Kier molecular flexibility index (Phi) is 8.52. The van der Waals surface area contributed by atoms with E-state index in [1.807, 2.05) is 33.2 Å². The minimum Gasteiger partial charge on any atom is -0.493 e. The highest BCUT2D eigenvalue weighted by atomic mass is 32.1. The fourth-order valence-electron chi connectivity index (χ4n) is 3.66. The monoisotopic (exact) mass is 483 g/mol. The number of nitrogens with zero attached hydrogens (tertiary/aromatic N) is 3. The van der Waals surface area contributed by atoms with Crippen molar-refractivity contribution in [1.29, 1.82) is 0 Å². The van der Waals surface area contributed by atoms with Gasteiger partial charge in [-0.25, -0.2) is 4.98 Å². The molecule has 34 heavy (non-hydrogen) atoms. The van der Waals surface area contributed by atoms with Crippen LogP contribution in [0.2, 0.25) is 0 Å². The lowest BCUT2D eigenvalue weighted by Crippen LogP contribution is -2.32. The number of ether oxygens (including phenoxy) is 3. The van der Waals surface area contributed by atoms with Gasteiger partial charge in [-0.2, -0.15) is 0 Å². The number of hydrogen-bond donors (Lipinski definition) is 0. The van der Waals surface area contributed by atoms with E-state index >= 15 is 0 Å². The number of hydrogen-bond acceptors (Lipinski definition) is 7. The average Bonchev–Trinajstić information content (AvgIpc) is 3.28. The Hall–Kier alpha value is -3.10. The van der Waals surface area contributed by atoms with Crippen molar-refractivity contribution in [2.45, 2.75) is 20.3 Å². The van der Waals surface area contributed by atoms with Crippen molar-refractivity contribution >= 4 is 38.7 Å². The Morgan fingerprint density at radius 2 is 1.65 bits per heavy atom. The molecular weight excluding hydrogens is 450 g/mol. The van der Waals surface area contributed by atoms with Gasteiger partial charge in [-0.15, -0.1) is 0 Å². The molecule has 182 valence electrons. The van der Waals surface area contributed by atoms with Crippen molar-refractivity contribution in [2.24, 2.45) is 0 Å². The molecule has 0 unspecified atom stereocenters. The number of carbonyl (C=O) groups is 1. The molecule has 0 aliphatic carbocycles. The molecule has 2 aromatic carbocycles. The predicted octanol–water partition coefficient (Wildman–Crippen LogP) is 4.94. The van der Waals surface area contributed by atoms with Gasteiger partial charge in [0.2, 0.25) is 5.75 Å². The molecule has 3 aromatic rings. The second kappa shape index (κ2) is 11.4. The fourth-order valence-corrected chi connectivity index (χ4v) is 4.81. The lowest BCUT2D eigenvalue weighted by molar-refractivity contribution is -0.114. The number of carbonyl (C=O) groups excluding carboxylic acids is 1.